The van der Waals surface area contributed by atoms with Gasteiger partial charge in [0, 0.05) is 25.9 Å². The Hall–Kier alpha value is 0.0569. The molecule has 2 rings (SSSR count). The van der Waals surface area contributed by atoms with Crippen LogP contribution >= 0.6 is 0 Å². The van der Waals surface area contributed by atoms with E-state index in [1.807, 2.05) is 0 Å². The summed E-state index contributed by atoms with van der Waals surface area (Å²) in [6, 6.07) is 0.972. The summed E-state index contributed by atoms with van der Waals surface area (Å²) in [5.41, 5.74) is 0. The van der Waals surface area contributed by atoms with Crippen LogP contribution in [0.15, 0.2) is 0 Å². The van der Waals surface area contributed by atoms with Gasteiger partial charge in [-0.1, -0.05) is 20.8 Å². The number of ether oxygens (including phenoxy) is 1. The maximum Gasteiger partial charge on any atom is 0.501 e. The van der Waals surface area contributed by atoms with Crippen molar-refractivity contribution in [3.05, 3.63) is 0 Å². The second-order valence-corrected chi connectivity index (χ2v) is 8.96. The van der Waals surface area contributed by atoms with E-state index in [0.717, 1.165) is 45.1 Å². The van der Waals surface area contributed by atoms with Crippen molar-refractivity contribution < 1.29 is 18.0 Å². The lowest BCUT2D eigenvalue weighted by atomic mass is 9.91. The third-order valence-electron chi connectivity index (χ3n) is 4.23. The van der Waals surface area contributed by atoms with Crippen molar-refractivity contribution in [2.45, 2.75) is 77.5 Å². The summed E-state index contributed by atoms with van der Waals surface area (Å²) in [4.78, 5) is 0. The Labute approximate surface area is 130 Å². The monoisotopic (exact) mass is 316 g/mol. The zero-order valence-electron chi connectivity index (χ0n) is 13.9. The molecule has 1 aliphatic carbocycles. The molecule has 0 aromatic carbocycles. The van der Waals surface area contributed by atoms with Gasteiger partial charge < -0.3 is 18.0 Å². The minimum absolute atomic E-state index is 0.513. The van der Waals surface area contributed by atoms with E-state index in [0.29, 0.717) is 18.1 Å². The van der Waals surface area contributed by atoms with Crippen LogP contribution in [0, 0.1) is 5.92 Å². The van der Waals surface area contributed by atoms with Gasteiger partial charge >= 0.3 is 8.80 Å². The van der Waals surface area contributed by atoms with Gasteiger partial charge in [-0.2, -0.15) is 0 Å². The van der Waals surface area contributed by atoms with E-state index in [2.05, 4.69) is 20.8 Å². The van der Waals surface area contributed by atoms with Crippen LogP contribution in [0.1, 0.15) is 59.3 Å². The molecule has 0 amide bonds. The van der Waals surface area contributed by atoms with E-state index in [1.165, 1.54) is 19.3 Å². The maximum atomic E-state index is 6.19. The molecule has 1 aliphatic heterocycles. The zero-order valence-corrected chi connectivity index (χ0v) is 14.9. The lowest BCUT2D eigenvalue weighted by Gasteiger charge is -2.33. The molecule has 1 saturated carbocycles. The Morgan fingerprint density at radius 1 is 0.857 bits per heavy atom. The van der Waals surface area contributed by atoms with Crippen LogP contribution in [0.25, 0.3) is 0 Å². The highest BCUT2D eigenvalue weighted by Gasteiger charge is 2.49. The minimum Gasteiger partial charge on any atom is -0.373 e. The molecule has 0 aromatic rings. The summed E-state index contributed by atoms with van der Waals surface area (Å²) in [5.74, 6) is 0.644. The first-order valence-corrected chi connectivity index (χ1v) is 10.7. The van der Waals surface area contributed by atoms with Crippen LogP contribution in [-0.2, 0) is 18.0 Å². The molecule has 2 fully saturated rings. The van der Waals surface area contributed by atoms with Crippen LogP contribution < -0.4 is 0 Å². The Morgan fingerprint density at radius 3 is 1.90 bits per heavy atom. The van der Waals surface area contributed by atoms with Gasteiger partial charge in [0.15, 0.2) is 0 Å². The van der Waals surface area contributed by atoms with Gasteiger partial charge in [-0.3, -0.25) is 0 Å². The van der Waals surface area contributed by atoms with Gasteiger partial charge in [0.25, 0.3) is 0 Å². The number of hydrogen-bond acceptors (Lipinski definition) is 4. The predicted molar refractivity (Wildman–Crippen MR) is 85.3 cm³/mol. The Kier molecular flexibility index (Phi) is 7.15. The molecular formula is C16H32O4Si. The van der Waals surface area contributed by atoms with Crippen LogP contribution in [-0.4, -0.2) is 40.8 Å². The third kappa shape index (κ3) is 5.32. The first-order chi connectivity index (χ1) is 10.2. The van der Waals surface area contributed by atoms with Crippen LogP contribution in [0.4, 0.5) is 0 Å². The molecule has 0 aromatic heterocycles. The van der Waals surface area contributed by atoms with Gasteiger partial charge in [-0.25, -0.2) is 0 Å². The first kappa shape index (κ1) is 17.4. The summed E-state index contributed by atoms with van der Waals surface area (Å²) < 4.78 is 24.2. The van der Waals surface area contributed by atoms with E-state index in [4.69, 9.17) is 18.0 Å². The fourth-order valence-electron chi connectivity index (χ4n) is 3.10. The largest absolute Gasteiger partial charge is 0.501 e. The fourth-order valence-corrected chi connectivity index (χ4v) is 6.33. The zero-order chi connectivity index (χ0) is 15.1. The van der Waals surface area contributed by atoms with E-state index in [9.17, 15) is 0 Å². The predicted octanol–water partition coefficient (Wildman–Crippen LogP) is 3.77. The van der Waals surface area contributed by atoms with E-state index < -0.39 is 8.80 Å². The third-order valence-corrected chi connectivity index (χ3v) is 7.24. The molecule has 4 nitrogen and oxygen atoms in total. The molecule has 2 aliphatic rings. The van der Waals surface area contributed by atoms with Crippen molar-refractivity contribution in [2.75, 3.05) is 19.8 Å². The number of hydrogen-bond donors (Lipinski definition) is 0. The van der Waals surface area contributed by atoms with Gasteiger partial charge in [-0.15, -0.1) is 0 Å². The standard InChI is InChI=1S/C16H32O4Si/c1-4-9-17-21(18-10-5-2,19-11-6-3)13-14-7-8-15-16(12-14)20-15/h14-16H,4-13H2,1-3H3. The molecule has 3 unspecified atom stereocenters. The normalized spacial score (nSPS) is 28.4. The highest BCUT2D eigenvalue weighted by Crippen LogP contribution is 2.42. The van der Waals surface area contributed by atoms with Crippen LogP contribution in [0.5, 0.6) is 0 Å². The molecule has 124 valence electrons. The second kappa shape index (κ2) is 8.63. The quantitative estimate of drug-likeness (QED) is 0.430. The fraction of sp³-hybridized carbons (Fsp3) is 1.00. The summed E-state index contributed by atoms with van der Waals surface area (Å²) in [6.07, 6.45) is 7.71. The van der Waals surface area contributed by atoms with Crippen molar-refractivity contribution >= 4 is 8.80 Å². The minimum atomic E-state index is -2.51. The highest BCUT2D eigenvalue weighted by molar-refractivity contribution is 6.60. The Morgan fingerprint density at radius 2 is 1.43 bits per heavy atom. The van der Waals surface area contributed by atoms with Crippen molar-refractivity contribution in [3.8, 4) is 0 Å². The maximum absolute atomic E-state index is 6.19. The molecular weight excluding hydrogens is 284 g/mol. The number of fused-ring (bicyclic) bond motifs is 1. The van der Waals surface area contributed by atoms with E-state index in [-0.39, 0.29) is 0 Å². The summed E-state index contributed by atoms with van der Waals surface area (Å²) in [6.45, 7) is 8.66. The Balaban J connectivity index is 1.94. The summed E-state index contributed by atoms with van der Waals surface area (Å²) >= 11 is 0. The van der Waals surface area contributed by atoms with Gasteiger partial charge in [0.1, 0.15) is 0 Å². The average molecular weight is 317 g/mol. The highest BCUT2D eigenvalue weighted by atomic mass is 28.4. The summed E-state index contributed by atoms with van der Waals surface area (Å²) in [7, 11) is -2.51. The van der Waals surface area contributed by atoms with Crippen molar-refractivity contribution in [1.82, 2.24) is 0 Å². The molecule has 0 bridgehead atoms. The Bertz CT molecular complexity index is 278. The lowest BCUT2D eigenvalue weighted by Crippen LogP contribution is -2.48. The van der Waals surface area contributed by atoms with Crippen molar-refractivity contribution in [3.63, 3.8) is 0 Å². The van der Waals surface area contributed by atoms with Crippen LogP contribution in [0.2, 0.25) is 6.04 Å². The molecule has 0 spiro atoms. The van der Waals surface area contributed by atoms with E-state index >= 15 is 0 Å². The van der Waals surface area contributed by atoms with E-state index in [1.54, 1.807) is 0 Å². The van der Waals surface area contributed by atoms with Crippen LogP contribution in [0.3, 0.4) is 0 Å². The van der Waals surface area contributed by atoms with Gasteiger partial charge in [0.2, 0.25) is 0 Å². The lowest BCUT2D eigenvalue weighted by molar-refractivity contribution is 0.0539. The molecule has 5 heteroatoms. The molecule has 1 heterocycles. The number of epoxide rings is 1. The van der Waals surface area contributed by atoms with Crippen molar-refractivity contribution in [1.29, 1.82) is 0 Å². The topological polar surface area (TPSA) is 40.2 Å². The SMILES string of the molecule is CCCO[Si](CC1CCC2OC2C1)(OCCC)OCCC. The number of rotatable bonds is 11. The summed E-state index contributed by atoms with van der Waals surface area (Å²) in [5, 5.41) is 0. The average Bonchev–Trinajstić information content (AvgIpc) is 3.27. The molecule has 1 saturated heterocycles. The molecule has 0 radical (unpaired) electrons. The first-order valence-electron chi connectivity index (χ1n) is 8.80. The molecule has 0 N–H and O–H groups in total. The second-order valence-electron chi connectivity index (χ2n) is 6.32. The van der Waals surface area contributed by atoms with Crippen molar-refractivity contribution in [2.24, 2.45) is 5.92 Å². The molecule has 3 atom stereocenters. The molecule has 21 heavy (non-hydrogen) atoms. The van der Waals surface area contributed by atoms with Gasteiger partial charge in [-0.05, 0) is 44.4 Å². The van der Waals surface area contributed by atoms with Gasteiger partial charge in [0.05, 0.1) is 12.2 Å². The smallest absolute Gasteiger partial charge is 0.373 e.